The number of carbonyl (C=O) groups is 1. The molecule has 1 aromatic heterocycles. The van der Waals surface area contributed by atoms with Crippen LogP contribution in [-0.2, 0) is 4.74 Å². The van der Waals surface area contributed by atoms with Gasteiger partial charge in [-0.25, -0.2) is 9.97 Å². The second-order valence-electron chi connectivity index (χ2n) is 7.51. The van der Waals surface area contributed by atoms with E-state index in [2.05, 4.69) is 21.3 Å². The number of ether oxygens (including phenoxy) is 1. The third-order valence-electron chi connectivity index (χ3n) is 5.43. The SMILES string of the molecule is O=C(NCCC1=CCCCC1)c1cc(N2CCOCC2)nc(-c2ccccc2)n1. The first-order chi connectivity index (χ1) is 14.3. The quantitative estimate of drug-likeness (QED) is 0.761. The molecule has 1 saturated heterocycles. The molecule has 0 bridgehead atoms. The fraction of sp³-hybridized carbons (Fsp3) is 0.435. The summed E-state index contributed by atoms with van der Waals surface area (Å²) < 4.78 is 5.45. The molecule has 0 spiro atoms. The molecule has 1 aliphatic heterocycles. The van der Waals surface area contributed by atoms with Gasteiger partial charge in [0, 0.05) is 31.3 Å². The zero-order valence-electron chi connectivity index (χ0n) is 16.8. The van der Waals surface area contributed by atoms with Crippen molar-refractivity contribution in [3.63, 3.8) is 0 Å². The van der Waals surface area contributed by atoms with Gasteiger partial charge in [0.1, 0.15) is 11.5 Å². The number of aromatic nitrogens is 2. The third-order valence-corrected chi connectivity index (χ3v) is 5.43. The number of hydrogen-bond acceptors (Lipinski definition) is 5. The minimum absolute atomic E-state index is 0.143. The molecular weight excluding hydrogens is 364 g/mol. The van der Waals surface area contributed by atoms with Crippen LogP contribution in [0.15, 0.2) is 48.0 Å². The van der Waals surface area contributed by atoms with Crippen molar-refractivity contribution >= 4 is 11.7 Å². The predicted molar refractivity (Wildman–Crippen MR) is 114 cm³/mol. The number of nitrogens with zero attached hydrogens (tertiary/aromatic N) is 3. The van der Waals surface area contributed by atoms with Gasteiger partial charge in [-0.05, 0) is 32.1 Å². The van der Waals surface area contributed by atoms with Crippen LogP contribution in [0.25, 0.3) is 11.4 Å². The summed E-state index contributed by atoms with van der Waals surface area (Å²) in [7, 11) is 0. The Kier molecular flexibility index (Phi) is 6.52. The normalized spacial score (nSPS) is 17.0. The van der Waals surface area contributed by atoms with E-state index in [1.807, 2.05) is 30.3 Å². The van der Waals surface area contributed by atoms with Gasteiger partial charge in [-0.1, -0.05) is 42.0 Å². The maximum Gasteiger partial charge on any atom is 0.270 e. The Bertz CT molecular complexity index is 860. The van der Waals surface area contributed by atoms with Crippen LogP contribution in [0.2, 0.25) is 0 Å². The zero-order chi connectivity index (χ0) is 19.9. The Morgan fingerprint density at radius 2 is 1.93 bits per heavy atom. The fourth-order valence-corrected chi connectivity index (χ4v) is 3.78. The van der Waals surface area contributed by atoms with Crippen LogP contribution in [0.1, 0.15) is 42.6 Å². The van der Waals surface area contributed by atoms with Crippen molar-refractivity contribution in [1.82, 2.24) is 15.3 Å². The average Bonchev–Trinajstić information content (AvgIpc) is 2.80. The van der Waals surface area contributed by atoms with E-state index in [0.29, 0.717) is 31.3 Å². The van der Waals surface area contributed by atoms with Crippen LogP contribution >= 0.6 is 0 Å². The number of benzene rings is 1. The smallest absolute Gasteiger partial charge is 0.270 e. The lowest BCUT2D eigenvalue weighted by Gasteiger charge is -2.28. The second-order valence-corrected chi connectivity index (χ2v) is 7.51. The maximum absolute atomic E-state index is 12.8. The van der Waals surface area contributed by atoms with Gasteiger partial charge >= 0.3 is 0 Å². The van der Waals surface area contributed by atoms with Gasteiger partial charge in [0.15, 0.2) is 5.82 Å². The van der Waals surface area contributed by atoms with E-state index in [0.717, 1.165) is 37.3 Å². The largest absolute Gasteiger partial charge is 0.378 e. The zero-order valence-corrected chi connectivity index (χ0v) is 16.8. The first-order valence-electron chi connectivity index (χ1n) is 10.5. The highest BCUT2D eigenvalue weighted by molar-refractivity contribution is 5.93. The van der Waals surface area contributed by atoms with E-state index in [4.69, 9.17) is 9.72 Å². The molecule has 4 rings (SSSR count). The highest BCUT2D eigenvalue weighted by atomic mass is 16.5. The Labute approximate surface area is 172 Å². The molecule has 6 nitrogen and oxygen atoms in total. The van der Waals surface area contributed by atoms with Crippen molar-refractivity contribution in [2.75, 3.05) is 37.7 Å². The molecule has 0 saturated carbocycles. The van der Waals surface area contributed by atoms with Crippen LogP contribution in [0, 0.1) is 0 Å². The van der Waals surface area contributed by atoms with Crippen LogP contribution in [0.3, 0.4) is 0 Å². The number of rotatable bonds is 6. The molecule has 1 aliphatic carbocycles. The molecule has 1 aromatic carbocycles. The molecule has 1 N–H and O–H groups in total. The standard InChI is InChI=1S/C23H28N4O2/c28-23(24-12-11-18-7-3-1-4-8-18)20-17-21(27-13-15-29-16-14-27)26-22(25-20)19-9-5-2-6-10-19/h2,5-7,9-10,17H,1,3-4,8,11-16H2,(H,24,28). The summed E-state index contributed by atoms with van der Waals surface area (Å²) >= 11 is 0. The summed E-state index contributed by atoms with van der Waals surface area (Å²) in [6, 6.07) is 11.6. The van der Waals surface area contributed by atoms with Gasteiger partial charge in [0.25, 0.3) is 5.91 Å². The van der Waals surface area contributed by atoms with E-state index < -0.39 is 0 Å². The van der Waals surface area contributed by atoms with E-state index in [-0.39, 0.29) is 5.91 Å². The molecule has 2 aromatic rings. The van der Waals surface area contributed by atoms with Crippen LogP contribution in [0.4, 0.5) is 5.82 Å². The Hall–Kier alpha value is -2.73. The lowest BCUT2D eigenvalue weighted by Crippen LogP contribution is -2.37. The van der Waals surface area contributed by atoms with Crippen molar-refractivity contribution in [2.24, 2.45) is 0 Å². The number of hydrogen-bond donors (Lipinski definition) is 1. The summed E-state index contributed by atoms with van der Waals surface area (Å²) in [6.07, 6.45) is 8.10. The van der Waals surface area contributed by atoms with Crippen LogP contribution in [-0.4, -0.2) is 48.7 Å². The third kappa shape index (κ3) is 5.21. The lowest BCUT2D eigenvalue weighted by molar-refractivity contribution is 0.0949. The Morgan fingerprint density at radius 1 is 1.10 bits per heavy atom. The van der Waals surface area contributed by atoms with Crippen molar-refractivity contribution in [3.05, 3.63) is 53.7 Å². The monoisotopic (exact) mass is 392 g/mol. The number of carbonyl (C=O) groups excluding carboxylic acids is 1. The molecule has 29 heavy (non-hydrogen) atoms. The minimum atomic E-state index is -0.143. The summed E-state index contributed by atoms with van der Waals surface area (Å²) in [5.74, 6) is 1.22. The fourth-order valence-electron chi connectivity index (χ4n) is 3.78. The van der Waals surface area contributed by atoms with Gasteiger partial charge in [-0.3, -0.25) is 4.79 Å². The second kappa shape index (κ2) is 9.65. The van der Waals surface area contributed by atoms with Crippen LogP contribution < -0.4 is 10.2 Å². The molecule has 1 amide bonds. The van der Waals surface area contributed by atoms with Crippen molar-refractivity contribution in [1.29, 1.82) is 0 Å². The maximum atomic E-state index is 12.8. The summed E-state index contributed by atoms with van der Waals surface area (Å²) in [5, 5.41) is 3.04. The molecule has 2 aliphatic rings. The molecule has 152 valence electrons. The molecule has 0 unspecified atom stereocenters. The number of allylic oxidation sites excluding steroid dienone is 1. The molecule has 2 heterocycles. The molecule has 1 fully saturated rings. The van der Waals surface area contributed by atoms with Gasteiger partial charge in [0.05, 0.1) is 13.2 Å². The lowest BCUT2D eigenvalue weighted by atomic mass is 9.97. The highest BCUT2D eigenvalue weighted by Gasteiger charge is 2.18. The Balaban J connectivity index is 1.52. The van der Waals surface area contributed by atoms with Gasteiger partial charge in [0.2, 0.25) is 0 Å². The van der Waals surface area contributed by atoms with Crippen LogP contribution in [0.5, 0.6) is 0 Å². The topological polar surface area (TPSA) is 67.4 Å². The summed E-state index contributed by atoms with van der Waals surface area (Å²) in [5.41, 5.74) is 2.78. The van der Waals surface area contributed by atoms with E-state index in [1.54, 1.807) is 6.07 Å². The molecule has 0 radical (unpaired) electrons. The van der Waals surface area contributed by atoms with Gasteiger partial charge in [-0.15, -0.1) is 0 Å². The number of morpholine rings is 1. The minimum Gasteiger partial charge on any atom is -0.378 e. The molecule has 0 atom stereocenters. The number of amides is 1. The van der Waals surface area contributed by atoms with Crippen molar-refractivity contribution < 1.29 is 9.53 Å². The first-order valence-corrected chi connectivity index (χ1v) is 10.5. The van der Waals surface area contributed by atoms with Gasteiger partial charge in [-0.2, -0.15) is 0 Å². The van der Waals surface area contributed by atoms with E-state index in [1.165, 1.54) is 24.8 Å². The first kappa shape index (κ1) is 19.6. The highest BCUT2D eigenvalue weighted by Crippen LogP contribution is 2.22. The van der Waals surface area contributed by atoms with E-state index >= 15 is 0 Å². The molecular formula is C23H28N4O2. The summed E-state index contributed by atoms with van der Waals surface area (Å²) in [4.78, 5) is 24.3. The predicted octanol–water partition coefficient (Wildman–Crippen LogP) is 3.60. The van der Waals surface area contributed by atoms with Gasteiger partial charge < -0.3 is 15.0 Å². The molecule has 6 heteroatoms. The van der Waals surface area contributed by atoms with Crippen molar-refractivity contribution in [3.8, 4) is 11.4 Å². The number of anilines is 1. The summed E-state index contributed by atoms with van der Waals surface area (Å²) in [6.45, 7) is 3.51. The Morgan fingerprint density at radius 3 is 2.69 bits per heavy atom. The number of nitrogens with one attached hydrogen (secondary N) is 1. The van der Waals surface area contributed by atoms with E-state index in [9.17, 15) is 4.79 Å². The van der Waals surface area contributed by atoms with Crippen molar-refractivity contribution in [2.45, 2.75) is 32.1 Å². The average molecular weight is 393 g/mol.